The molecule has 0 amide bonds. The van der Waals surface area contributed by atoms with Crippen molar-refractivity contribution in [2.24, 2.45) is 0 Å². The van der Waals surface area contributed by atoms with E-state index in [-0.39, 0.29) is 5.78 Å². The monoisotopic (exact) mass is 188 g/mol. The van der Waals surface area contributed by atoms with Crippen LogP contribution in [0, 0.1) is 0 Å². The fraction of sp³-hybridized carbons (Fsp3) is 0.250. The Morgan fingerprint density at radius 1 is 1.43 bits per heavy atom. The van der Waals surface area contributed by atoms with E-state index < -0.39 is 0 Å². The lowest BCUT2D eigenvalue weighted by atomic mass is 10.0. The topological polar surface area (TPSA) is 26.3 Å². The molecule has 2 heteroatoms. The highest BCUT2D eigenvalue weighted by molar-refractivity contribution is 5.95. The van der Waals surface area contributed by atoms with Crippen molar-refractivity contribution in [1.29, 1.82) is 0 Å². The van der Waals surface area contributed by atoms with Gasteiger partial charge in [-0.1, -0.05) is 12.1 Å². The first kappa shape index (κ1) is 9.00. The van der Waals surface area contributed by atoms with Crippen LogP contribution in [0.1, 0.15) is 29.8 Å². The summed E-state index contributed by atoms with van der Waals surface area (Å²) >= 11 is 0. The maximum Gasteiger partial charge on any atom is 0.159 e. The third-order valence-electron chi connectivity index (χ3n) is 2.44. The van der Waals surface area contributed by atoms with Crippen LogP contribution >= 0.6 is 0 Å². The van der Waals surface area contributed by atoms with Crippen molar-refractivity contribution in [1.82, 2.24) is 0 Å². The van der Waals surface area contributed by atoms with E-state index in [1.165, 1.54) is 5.57 Å². The lowest BCUT2D eigenvalue weighted by Gasteiger charge is -2.16. The van der Waals surface area contributed by atoms with Crippen LogP contribution in [0.3, 0.4) is 0 Å². The Kier molecular flexibility index (Phi) is 2.12. The average Bonchev–Trinajstić information content (AvgIpc) is 2.17. The van der Waals surface area contributed by atoms with Gasteiger partial charge in [0.15, 0.2) is 5.78 Å². The number of carbonyl (C=O) groups excluding carboxylic acids is 1. The molecule has 0 bridgehead atoms. The smallest absolute Gasteiger partial charge is 0.159 e. The second kappa shape index (κ2) is 3.29. The van der Waals surface area contributed by atoms with Crippen molar-refractivity contribution in [3.05, 3.63) is 35.4 Å². The van der Waals surface area contributed by atoms with Gasteiger partial charge in [0.25, 0.3) is 0 Å². The Hall–Kier alpha value is -1.57. The van der Waals surface area contributed by atoms with Crippen LogP contribution in [0.5, 0.6) is 5.75 Å². The Balaban J connectivity index is 2.51. The highest BCUT2D eigenvalue weighted by Crippen LogP contribution is 2.30. The first-order chi connectivity index (χ1) is 6.68. The molecule has 1 aliphatic rings. The summed E-state index contributed by atoms with van der Waals surface area (Å²) in [6.45, 7) is 4.21. The molecule has 1 heterocycles. The minimum Gasteiger partial charge on any atom is -0.489 e. The number of ketones is 1. The SMILES string of the molecule is CC(=O)c1ccc2c(c1)OCC=C2C. The zero-order chi connectivity index (χ0) is 10.1. The number of benzene rings is 1. The maximum absolute atomic E-state index is 11.1. The first-order valence-corrected chi connectivity index (χ1v) is 4.63. The van der Waals surface area contributed by atoms with Gasteiger partial charge in [0.05, 0.1) is 0 Å². The van der Waals surface area contributed by atoms with E-state index in [0.29, 0.717) is 12.2 Å². The van der Waals surface area contributed by atoms with Gasteiger partial charge in [-0.05, 0) is 31.6 Å². The summed E-state index contributed by atoms with van der Waals surface area (Å²) in [6, 6.07) is 5.60. The molecule has 0 N–H and O–H groups in total. The molecule has 1 aliphatic heterocycles. The van der Waals surface area contributed by atoms with Crippen LogP contribution in [-0.2, 0) is 0 Å². The average molecular weight is 188 g/mol. The fourth-order valence-corrected chi connectivity index (χ4v) is 1.55. The van der Waals surface area contributed by atoms with E-state index in [9.17, 15) is 4.79 Å². The Bertz CT molecular complexity index is 416. The third kappa shape index (κ3) is 1.43. The first-order valence-electron chi connectivity index (χ1n) is 4.63. The van der Waals surface area contributed by atoms with Gasteiger partial charge in [0.2, 0.25) is 0 Å². The molecule has 0 saturated heterocycles. The standard InChI is InChI=1S/C12H12O2/c1-8-5-6-14-12-7-10(9(2)13)3-4-11(8)12/h3-5,7H,6H2,1-2H3. The summed E-state index contributed by atoms with van der Waals surface area (Å²) in [5.41, 5.74) is 3.00. The van der Waals surface area contributed by atoms with Gasteiger partial charge in [-0.25, -0.2) is 0 Å². The molecule has 0 aromatic heterocycles. The van der Waals surface area contributed by atoms with Gasteiger partial charge in [0.1, 0.15) is 12.4 Å². The van der Waals surface area contributed by atoms with Gasteiger partial charge in [0, 0.05) is 11.1 Å². The number of Topliss-reactive ketones (excluding diaryl/α,β-unsaturated/α-hetero) is 1. The van der Waals surface area contributed by atoms with Gasteiger partial charge >= 0.3 is 0 Å². The molecule has 0 aliphatic carbocycles. The molecular formula is C12H12O2. The van der Waals surface area contributed by atoms with Crippen molar-refractivity contribution < 1.29 is 9.53 Å². The van der Waals surface area contributed by atoms with Crippen molar-refractivity contribution in [3.63, 3.8) is 0 Å². The van der Waals surface area contributed by atoms with E-state index in [4.69, 9.17) is 4.74 Å². The van der Waals surface area contributed by atoms with Gasteiger partial charge < -0.3 is 4.74 Å². The maximum atomic E-state index is 11.1. The van der Waals surface area contributed by atoms with E-state index in [1.807, 2.05) is 24.3 Å². The van der Waals surface area contributed by atoms with Crippen LogP contribution in [0.15, 0.2) is 24.3 Å². The fourth-order valence-electron chi connectivity index (χ4n) is 1.55. The van der Waals surface area contributed by atoms with Crippen LogP contribution < -0.4 is 4.74 Å². The summed E-state index contributed by atoms with van der Waals surface area (Å²) in [5, 5.41) is 0. The van der Waals surface area contributed by atoms with Crippen molar-refractivity contribution >= 4 is 11.4 Å². The molecule has 0 spiro atoms. The lowest BCUT2D eigenvalue weighted by molar-refractivity contribution is 0.101. The van der Waals surface area contributed by atoms with Crippen LogP contribution in [0.4, 0.5) is 0 Å². The predicted molar refractivity (Wildman–Crippen MR) is 55.6 cm³/mol. The Morgan fingerprint density at radius 3 is 2.93 bits per heavy atom. The normalized spacial score (nSPS) is 14.0. The highest BCUT2D eigenvalue weighted by Gasteiger charge is 2.11. The summed E-state index contributed by atoms with van der Waals surface area (Å²) < 4.78 is 5.46. The highest BCUT2D eigenvalue weighted by atomic mass is 16.5. The van der Waals surface area contributed by atoms with Gasteiger partial charge in [-0.15, -0.1) is 0 Å². The summed E-state index contributed by atoms with van der Waals surface area (Å²) in [6.07, 6.45) is 2.04. The Labute approximate surface area is 83.2 Å². The molecule has 2 nitrogen and oxygen atoms in total. The largest absolute Gasteiger partial charge is 0.489 e. The third-order valence-corrected chi connectivity index (χ3v) is 2.44. The van der Waals surface area contributed by atoms with Crippen molar-refractivity contribution in [2.45, 2.75) is 13.8 Å². The molecule has 0 fully saturated rings. The quantitative estimate of drug-likeness (QED) is 0.633. The van der Waals surface area contributed by atoms with E-state index in [0.717, 1.165) is 11.3 Å². The van der Waals surface area contributed by atoms with E-state index in [2.05, 4.69) is 6.92 Å². The zero-order valence-corrected chi connectivity index (χ0v) is 8.33. The predicted octanol–water partition coefficient (Wildman–Crippen LogP) is 2.68. The molecule has 0 atom stereocenters. The lowest BCUT2D eigenvalue weighted by Crippen LogP contribution is -2.04. The Morgan fingerprint density at radius 2 is 2.21 bits per heavy atom. The van der Waals surface area contributed by atoms with Crippen LogP contribution in [0.2, 0.25) is 0 Å². The molecule has 0 radical (unpaired) electrons. The molecule has 72 valence electrons. The number of hydrogen-bond donors (Lipinski definition) is 0. The molecule has 14 heavy (non-hydrogen) atoms. The number of rotatable bonds is 1. The van der Waals surface area contributed by atoms with E-state index in [1.54, 1.807) is 6.92 Å². The molecule has 0 unspecified atom stereocenters. The minimum atomic E-state index is 0.0728. The zero-order valence-electron chi connectivity index (χ0n) is 8.33. The minimum absolute atomic E-state index is 0.0728. The summed E-state index contributed by atoms with van der Waals surface area (Å²) in [4.78, 5) is 11.1. The molecule has 1 aromatic rings. The number of allylic oxidation sites excluding steroid dienone is 1. The summed E-state index contributed by atoms with van der Waals surface area (Å²) in [5.74, 6) is 0.890. The molecule has 0 saturated carbocycles. The number of hydrogen-bond acceptors (Lipinski definition) is 2. The van der Waals surface area contributed by atoms with Gasteiger partial charge in [-0.3, -0.25) is 4.79 Å². The second-order valence-electron chi connectivity index (χ2n) is 3.47. The number of ether oxygens (including phenoxy) is 1. The van der Waals surface area contributed by atoms with Crippen LogP contribution in [0.25, 0.3) is 5.57 Å². The molecule has 1 aromatic carbocycles. The second-order valence-corrected chi connectivity index (χ2v) is 3.47. The summed E-state index contributed by atoms with van der Waals surface area (Å²) in [7, 11) is 0. The number of carbonyl (C=O) groups is 1. The molecular weight excluding hydrogens is 176 g/mol. The van der Waals surface area contributed by atoms with Crippen LogP contribution in [-0.4, -0.2) is 12.4 Å². The van der Waals surface area contributed by atoms with Crippen molar-refractivity contribution in [2.75, 3.05) is 6.61 Å². The van der Waals surface area contributed by atoms with E-state index >= 15 is 0 Å². The molecule has 2 rings (SSSR count). The van der Waals surface area contributed by atoms with Gasteiger partial charge in [-0.2, -0.15) is 0 Å². The van der Waals surface area contributed by atoms with Crippen molar-refractivity contribution in [3.8, 4) is 5.75 Å². The number of fused-ring (bicyclic) bond motifs is 1.